The largest absolute Gasteiger partial charge is 0.458 e. The Bertz CT molecular complexity index is 1690. The molecule has 0 radical (unpaired) electrons. The van der Waals surface area contributed by atoms with Crippen LogP contribution in [0.4, 0.5) is 10.5 Å². The second kappa shape index (κ2) is 20.7. The lowest BCUT2D eigenvalue weighted by Gasteiger charge is -2.45. The minimum Gasteiger partial charge on any atom is -0.458 e. The molecular formula is C43H71N7O9. The number of aryl methyl sites for hydroxylation is 1. The highest BCUT2D eigenvalue weighted by atomic mass is 16.7. The van der Waals surface area contributed by atoms with E-state index >= 15 is 0 Å². The number of carbonyl (C=O) groups is 3. The number of aliphatic hydroxyl groups excluding tert-OH is 1. The molecule has 0 saturated carbocycles. The fourth-order valence-corrected chi connectivity index (χ4v) is 9.22. The number of amides is 1. The summed E-state index contributed by atoms with van der Waals surface area (Å²) in [6.07, 6.45) is 0.0860. The number of hydrogen-bond donors (Lipinski definition) is 3. The number of unbranched alkanes of at least 4 members (excludes halogenated alkanes) is 1. The quantitative estimate of drug-likeness (QED) is 0.0695. The lowest BCUT2D eigenvalue weighted by Crippen LogP contribution is -2.63. The number of ether oxygens (including phenoxy) is 5. The lowest BCUT2D eigenvalue weighted by atomic mass is 9.79. The number of nitrogens with zero attached hydrogens (tertiary/aromatic N) is 5. The van der Waals surface area contributed by atoms with E-state index < -0.39 is 71.5 Å². The van der Waals surface area contributed by atoms with Gasteiger partial charge in [-0.05, 0) is 99.9 Å². The van der Waals surface area contributed by atoms with Gasteiger partial charge in [0, 0.05) is 62.1 Å². The predicted octanol–water partition coefficient (Wildman–Crippen LogP) is 4.67. The number of anilines is 1. The molecule has 59 heavy (non-hydrogen) atoms. The van der Waals surface area contributed by atoms with Gasteiger partial charge in [0.1, 0.15) is 23.8 Å². The van der Waals surface area contributed by atoms with Crippen LogP contribution in [0.15, 0.2) is 30.5 Å². The van der Waals surface area contributed by atoms with E-state index in [-0.39, 0.29) is 24.7 Å². The van der Waals surface area contributed by atoms with E-state index in [1.807, 2.05) is 97.9 Å². The van der Waals surface area contributed by atoms with E-state index in [2.05, 4.69) is 15.6 Å². The summed E-state index contributed by atoms with van der Waals surface area (Å²) >= 11 is 0. The molecule has 3 heterocycles. The maximum atomic E-state index is 14.4. The topological polar surface area (TPSA) is 193 Å². The molecule has 2 unspecified atom stereocenters. The number of aliphatic hydroxyl groups is 1. The average molecular weight is 830 g/mol. The minimum atomic E-state index is -1.25. The number of Topliss-reactive ketones (excluding diaryl/α,β-unsaturated/α-hetero) is 1. The molecule has 0 bridgehead atoms. The van der Waals surface area contributed by atoms with Gasteiger partial charge in [-0.15, -0.1) is 5.10 Å². The fourth-order valence-electron chi connectivity index (χ4n) is 9.22. The molecule has 16 nitrogen and oxygen atoms in total. The summed E-state index contributed by atoms with van der Waals surface area (Å²) < 4.78 is 33.1. The van der Waals surface area contributed by atoms with E-state index in [9.17, 15) is 19.5 Å². The first-order chi connectivity index (χ1) is 27.8. The van der Waals surface area contributed by atoms with Crippen molar-refractivity contribution in [3.8, 4) is 11.3 Å². The summed E-state index contributed by atoms with van der Waals surface area (Å²) in [5.74, 6) is -3.20. The Hall–Kier alpha value is -3.67. The van der Waals surface area contributed by atoms with Gasteiger partial charge in [-0.3, -0.25) is 19.2 Å². The molecular weight excluding hydrogens is 759 g/mol. The molecule has 1 aromatic heterocycles. The number of nitrogens with two attached hydrogens (primary N) is 1. The van der Waals surface area contributed by atoms with E-state index in [1.165, 1.54) is 6.92 Å². The lowest BCUT2D eigenvalue weighted by molar-refractivity contribution is -0.265. The van der Waals surface area contributed by atoms with Crippen LogP contribution >= 0.6 is 0 Å². The molecule has 332 valence electrons. The minimum absolute atomic E-state index is 0.241. The summed E-state index contributed by atoms with van der Waals surface area (Å²) in [7, 11) is 5.33. The summed E-state index contributed by atoms with van der Waals surface area (Å²) in [5, 5.41) is 23.9. The van der Waals surface area contributed by atoms with Crippen LogP contribution in [0.1, 0.15) is 94.4 Å². The third kappa shape index (κ3) is 11.0. The fraction of sp³-hybridized carbons (Fsp3) is 0.744. The molecule has 12 atom stereocenters. The maximum Gasteiger partial charge on any atom is 0.410 e. The van der Waals surface area contributed by atoms with E-state index in [4.69, 9.17) is 29.4 Å². The van der Waals surface area contributed by atoms with Crippen molar-refractivity contribution in [2.45, 2.75) is 161 Å². The van der Waals surface area contributed by atoms with Crippen LogP contribution in [-0.2, 0) is 39.8 Å². The summed E-state index contributed by atoms with van der Waals surface area (Å²) in [5.41, 5.74) is 5.85. The maximum absolute atomic E-state index is 14.4. The number of ketones is 1. The van der Waals surface area contributed by atoms with Crippen molar-refractivity contribution in [2.24, 2.45) is 11.8 Å². The molecule has 2 aliphatic heterocycles. The monoisotopic (exact) mass is 830 g/mol. The molecule has 0 aliphatic carbocycles. The second-order valence-electron chi connectivity index (χ2n) is 17.0. The molecule has 4 N–H and O–H groups in total. The Balaban J connectivity index is 1.63. The molecule has 0 spiro atoms. The first-order valence-electron chi connectivity index (χ1n) is 21.3. The van der Waals surface area contributed by atoms with Crippen LogP contribution in [-0.4, -0.2) is 142 Å². The van der Waals surface area contributed by atoms with E-state index in [1.54, 1.807) is 23.6 Å². The summed E-state index contributed by atoms with van der Waals surface area (Å²) in [6.45, 7) is 17.8. The van der Waals surface area contributed by atoms with Gasteiger partial charge < -0.3 is 44.7 Å². The number of nitrogens with one attached hydrogen (secondary N) is 1. The van der Waals surface area contributed by atoms with Gasteiger partial charge in [0.25, 0.3) is 0 Å². The van der Waals surface area contributed by atoms with Crippen molar-refractivity contribution < 1.29 is 43.2 Å². The number of cyclic esters (lactones) is 1. The number of fused-ring (bicyclic) bond motifs is 1. The Kier molecular flexibility index (Phi) is 16.9. The van der Waals surface area contributed by atoms with Gasteiger partial charge in [-0.1, -0.05) is 38.1 Å². The van der Waals surface area contributed by atoms with Crippen LogP contribution in [0, 0.1) is 11.8 Å². The number of benzene rings is 1. The number of esters is 1. The zero-order chi connectivity index (χ0) is 43.8. The smallest absolute Gasteiger partial charge is 0.410 e. The molecule has 2 fully saturated rings. The van der Waals surface area contributed by atoms with Gasteiger partial charge in [-0.25, -0.2) is 4.79 Å². The van der Waals surface area contributed by atoms with Crippen molar-refractivity contribution in [1.82, 2.24) is 30.1 Å². The van der Waals surface area contributed by atoms with Crippen LogP contribution in [0.5, 0.6) is 0 Å². The summed E-state index contributed by atoms with van der Waals surface area (Å²) in [6, 6.07) is 6.04. The predicted molar refractivity (Wildman–Crippen MR) is 224 cm³/mol. The first kappa shape index (κ1) is 48.0. The zero-order valence-corrected chi connectivity index (χ0v) is 37.3. The molecule has 2 saturated heterocycles. The highest BCUT2D eigenvalue weighted by Gasteiger charge is 2.59. The SMILES string of the molecule is CCO[C@@H](O[C@@H]1[C@@H](C)C(=O)[C@@H](C)C(=O)O[C@H](CC)[C@@]2(C)OC(=O)N(CCCCn3cc(-c4cccc(N)c4)nn3)[C@@H]2[C@@H](C)N[C@@H](C)C[C@@]1(C)OC)C(O)C(CC)N(C)C. The number of hydrogen-bond acceptors (Lipinski definition) is 14. The van der Waals surface area contributed by atoms with Crippen LogP contribution in [0.25, 0.3) is 11.3 Å². The Morgan fingerprint density at radius 3 is 2.39 bits per heavy atom. The molecule has 1 amide bonds. The van der Waals surface area contributed by atoms with E-state index in [0.29, 0.717) is 50.9 Å². The van der Waals surface area contributed by atoms with Gasteiger partial charge in [0.15, 0.2) is 17.7 Å². The third-order valence-electron chi connectivity index (χ3n) is 12.3. The normalized spacial score (nSPS) is 31.3. The zero-order valence-electron chi connectivity index (χ0n) is 37.3. The number of aromatic nitrogens is 3. The highest BCUT2D eigenvalue weighted by molar-refractivity contribution is 6.00. The molecule has 1 aromatic carbocycles. The molecule has 16 heteroatoms. The van der Waals surface area contributed by atoms with Crippen molar-refractivity contribution in [3.63, 3.8) is 0 Å². The average Bonchev–Trinajstić information content (AvgIpc) is 3.77. The Morgan fingerprint density at radius 2 is 1.78 bits per heavy atom. The van der Waals surface area contributed by atoms with Gasteiger partial charge in [-0.2, -0.15) is 0 Å². The van der Waals surface area contributed by atoms with Crippen LogP contribution in [0.2, 0.25) is 0 Å². The number of likely N-dealkylation sites (N-methyl/N-ethyl adjacent to an activating group) is 1. The Morgan fingerprint density at radius 1 is 1.08 bits per heavy atom. The number of methoxy groups -OCH3 is 1. The molecule has 2 aromatic rings. The van der Waals surface area contributed by atoms with Crippen molar-refractivity contribution in [1.29, 1.82) is 0 Å². The van der Waals surface area contributed by atoms with E-state index in [0.717, 1.165) is 11.3 Å². The molecule has 4 rings (SSSR count). The third-order valence-corrected chi connectivity index (χ3v) is 12.3. The summed E-state index contributed by atoms with van der Waals surface area (Å²) in [4.78, 5) is 45.8. The van der Waals surface area contributed by atoms with Crippen molar-refractivity contribution >= 4 is 23.5 Å². The van der Waals surface area contributed by atoms with Crippen LogP contribution in [0.3, 0.4) is 0 Å². The van der Waals surface area contributed by atoms with Crippen molar-refractivity contribution in [2.75, 3.05) is 40.1 Å². The first-order valence-corrected chi connectivity index (χ1v) is 21.3. The van der Waals surface area contributed by atoms with Gasteiger partial charge >= 0.3 is 12.1 Å². The number of rotatable bonds is 16. The number of nitrogen functional groups attached to an aromatic ring is 1. The van der Waals surface area contributed by atoms with Crippen LogP contribution < -0.4 is 11.1 Å². The molecule has 2 aliphatic rings. The Labute approximate surface area is 350 Å². The highest BCUT2D eigenvalue weighted by Crippen LogP contribution is 2.40. The second-order valence-corrected chi connectivity index (χ2v) is 17.0. The van der Waals surface area contributed by atoms with Crippen molar-refractivity contribution in [3.05, 3.63) is 30.5 Å². The van der Waals surface area contributed by atoms with Gasteiger partial charge in [0.2, 0.25) is 0 Å². The standard InChI is InChI=1S/C43H71N7O9/c1-13-33(48(10)11)36(52)40(56-15-3)58-38-27(5)35(51)28(6)39(53)57-34(14-2)43(9)37(29(7)45-26(4)24-42(38,8)55-12)50(41(54)59-43)22-17-16-21-49-25-32(46-47-49)30-19-18-20-31(44)23-30/h18-20,23,25-29,33-34,36-38,40,45,52H,13-17,21-22,24,44H2,1-12H3/t26-,27-,28+,29+,33?,34+,36?,37+,38+,40-,42+,43+/m0/s1. The van der Waals surface area contributed by atoms with Gasteiger partial charge in [0.05, 0.1) is 23.9 Å². The number of carbonyl (C=O) groups excluding carboxylic acids is 3.